The number of aliphatic carboxylic acids is 1. The van der Waals surface area contributed by atoms with Crippen molar-refractivity contribution < 1.29 is 24.5 Å². The third-order valence-electron chi connectivity index (χ3n) is 26.6. The fourth-order valence-corrected chi connectivity index (χ4v) is 22.4. The topological polar surface area (TPSA) is 83.8 Å². The summed E-state index contributed by atoms with van der Waals surface area (Å²) in [4.78, 5) is 29.0. The van der Waals surface area contributed by atoms with Gasteiger partial charge in [-0.1, -0.05) is 120 Å². The second-order valence-electron chi connectivity index (χ2n) is 29.2. The molecule has 0 spiro atoms. The van der Waals surface area contributed by atoms with Crippen molar-refractivity contribution in [3.05, 3.63) is 23.3 Å². The van der Waals surface area contributed by atoms with Crippen molar-refractivity contribution >= 4 is 11.9 Å². The van der Waals surface area contributed by atoms with Gasteiger partial charge in [0.15, 0.2) is 0 Å². The number of carbonyl (C=O) groups excluding carboxylic acids is 1. The zero-order valence-electron chi connectivity index (χ0n) is 43.9. The predicted octanol–water partition coefficient (Wildman–Crippen LogP) is 14.7. The molecule has 2 N–H and O–H groups in total. The van der Waals surface area contributed by atoms with E-state index in [0.29, 0.717) is 47.3 Å². The Morgan fingerprint density at radius 1 is 0.554 bits per heavy atom. The lowest BCUT2D eigenvalue weighted by Crippen LogP contribution is -2.66. The van der Waals surface area contributed by atoms with Crippen LogP contribution in [0.15, 0.2) is 23.3 Å². The Balaban J connectivity index is 0.935. The number of esters is 1. The zero-order valence-corrected chi connectivity index (χ0v) is 43.9. The van der Waals surface area contributed by atoms with E-state index >= 15 is 4.79 Å². The molecule has 0 radical (unpaired) electrons. The van der Waals surface area contributed by atoms with Gasteiger partial charge in [0.05, 0.1) is 16.9 Å². The average Bonchev–Trinajstić information content (AvgIpc) is 3.21. The highest BCUT2D eigenvalue weighted by atomic mass is 16.5. The maximum Gasteiger partial charge on any atom is 0.312 e. The van der Waals surface area contributed by atoms with Crippen LogP contribution in [0.3, 0.4) is 0 Å². The van der Waals surface area contributed by atoms with Crippen LogP contribution < -0.4 is 0 Å². The molecule has 10 rings (SSSR count). The van der Waals surface area contributed by atoms with Crippen LogP contribution in [-0.4, -0.2) is 34.4 Å². The average molecular weight is 895 g/mol. The van der Waals surface area contributed by atoms with Gasteiger partial charge in [-0.3, -0.25) is 9.59 Å². The summed E-state index contributed by atoms with van der Waals surface area (Å²) in [5.74, 6) is 4.00. The second kappa shape index (κ2) is 14.5. The third-order valence-corrected chi connectivity index (χ3v) is 26.6. The summed E-state index contributed by atoms with van der Waals surface area (Å²) in [6.07, 6.45) is 23.4. The van der Waals surface area contributed by atoms with Gasteiger partial charge in [0.1, 0.15) is 6.10 Å². The highest BCUT2D eigenvalue weighted by Gasteiger charge is 2.72. The number of aliphatic hydroxyl groups is 1. The molecule has 0 aromatic heterocycles. The summed E-state index contributed by atoms with van der Waals surface area (Å²) in [6, 6.07) is 0. The van der Waals surface area contributed by atoms with E-state index in [2.05, 4.69) is 109 Å². The predicted molar refractivity (Wildman–Crippen MR) is 261 cm³/mol. The van der Waals surface area contributed by atoms with Crippen molar-refractivity contribution in [2.75, 3.05) is 0 Å². The minimum Gasteiger partial charge on any atom is -0.481 e. The molecule has 0 aromatic carbocycles. The molecule has 0 aliphatic heterocycles. The van der Waals surface area contributed by atoms with Crippen LogP contribution in [0.5, 0.6) is 0 Å². The first kappa shape index (κ1) is 47.1. The number of carboxylic acid groups (broad SMARTS) is 1. The monoisotopic (exact) mass is 895 g/mol. The Kier molecular flexibility index (Phi) is 10.5. The normalized spacial score (nSPS) is 56.2. The van der Waals surface area contributed by atoms with E-state index in [-0.39, 0.29) is 73.3 Å². The Morgan fingerprint density at radius 2 is 1.05 bits per heavy atom. The first-order chi connectivity index (χ1) is 30.1. The molecule has 5 heteroatoms. The molecular formula is C60H94O5. The fourth-order valence-electron chi connectivity index (χ4n) is 22.4. The standard InChI is InChI=1S/C60H94O5/c1-35-19-27-59(49(62)63)31-29-55(11)40(47(59)37(35)3)15-17-44-53(9)24-23-46(52(7,8)43(53)22-26-57(44,55)13)65-50(64)60-28-20-36(2)38(4)48(60)41-16-18-45-54(10)34-39(61)33-51(5,6)42(54)21-25-58(45,14)56(41,12)30-32-60/h15-16,35-39,42-48,61H,17-34H2,1-14H3,(H,62,63)/t35-,36-,37+,38+,39+,42?,43?,44-,45?,46+,47+,48+,53+,54+,55-,56-,57-,58-,59+,60+/m1/s1. The Hall–Kier alpha value is -1.62. The van der Waals surface area contributed by atoms with Crippen LogP contribution in [0.2, 0.25) is 0 Å². The Morgan fingerprint density at radius 3 is 1.60 bits per heavy atom. The molecule has 5 nitrogen and oxygen atoms in total. The van der Waals surface area contributed by atoms with Crippen molar-refractivity contribution in [2.45, 2.75) is 225 Å². The van der Waals surface area contributed by atoms with E-state index in [4.69, 9.17) is 4.74 Å². The molecule has 65 heavy (non-hydrogen) atoms. The Bertz CT molecular complexity index is 2050. The number of allylic oxidation sites excluding steroid dienone is 4. The van der Waals surface area contributed by atoms with Gasteiger partial charge in [0, 0.05) is 5.41 Å². The third kappa shape index (κ3) is 5.78. The van der Waals surface area contributed by atoms with Crippen LogP contribution in [0.4, 0.5) is 0 Å². The molecule has 0 heterocycles. The summed E-state index contributed by atoms with van der Waals surface area (Å²) in [5, 5.41) is 22.3. The van der Waals surface area contributed by atoms with E-state index in [0.717, 1.165) is 103 Å². The summed E-state index contributed by atoms with van der Waals surface area (Å²) in [5.41, 5.74) is 2.54. The smallest absolute Gasteiger partial charge is 0.312 e. The number of aliphatic hydroxyl groups excluding tert-OH is 1. The van der Waals surface area contributed by atoms with Crippen molar-refractivity contribution in [1.82, 2.24) is 0 Å². The number of carbonyl (C=O) groups is 2. The molecular weight excluding hydrogens is 801 g/mol. The molecule has 20 atom stereocenters. The molecule has 3 unspecified atom stereocenters. The highest BCUT2D eigenvalue weighted by Crippen LogP contribution is 2.78. The summed E-state index contributed by atoms with van der Waals surface area (Å²) < 4.78 is 7.27. The summed E-state index contributed by atoms with van der Waals surface area (Å²) in [6.45, 7) is 35.1. The lowest BCUT2D eigenvalue weighted by atomic mass is 9.33. The van der Waals surface area contributed by atoms with Gasteiger partial charge >= 0.3 is 11.9 Å². The second-order valence-corrected chi connectivity index (χ2v) is 29.2. The molecule has 364 valence electrons. The van der Waals surface area contributed by atoms with Crippen molar-refractivity contribution in [3.8, 4) is 0 Å². The van der Waals surface area contributed by atoms with E-state index in [1.807, 2.05) is 0 Å². The van der Waals surface area contributed by atoms with E-state index in [1.54, 1.807) is 5.57 Å². The van der Waals surface area contributed by atoms with Gasteiger partial charge in [-0.25, -0.2) is 0 Å². The van der Waals surface area contributed by atoms with Crippen LogP contribution >= 0.6 is 0 Å². The number of hydrogen-bond acceptors (Lipinski definition) is 4. The largest absolute Gasteiger partial charge is 0.481 e. The molecule has 10 aliphatic rings. The molecule has 10 aliphatic carbocycles. The number of hydrogen-bond donors (Lipinski definition) is 2. The van der Waals surface area contributed by atoms with Crippen LogP contribution in [0.25, 0.3) is 0 Å². The summed E-state index contributed by atoms with van der Waals surface area (Å²) >= 11 is 0. The molecule has 0 saturated heterocycles. The molecule has 8 saturated carbocycles. The fraction of sp³-hybridized carbons (Fsp3) is 0.900. The minimum atomic E-state index is -0.613. The number of carboxylic acids is 1. The van der Waals surface area contributed by atoms with E-state index in [9.17, 15) is 15.0 Å². The quantitative estimate of drug-likeness (QED) is 0.218. The molecule has 8 fully saturated rings. The van der Waals surface area contributed by atoms with Crippen LogP contribution in [-0.2, 0) is 14.3 Å². The number of fused-ring (bicyclic) bond motifs is 14. The van der Waals surface area contributed by atoms with Gasteiger partial charge in [-0.15, -0.1) is 0 Å². The van der Waals surface area contributed by atoms with Crippen molar-refractivity contribution in [3.63, 3.8) is 0 Å². The van der Waals surface area contributed by atoms with Crippen LogP contribution in [0.1, 0.15) is 213 Å². The number of ether oxygens (including phenoxy) is 1. The van der Waals surface area contributed by atoms with E-state index < -0.39 is 16.8 Å². The summed E-state index contributed by atoms with van der Waals surface area (Å²) in [7, 11) is 0. The minimum absolute atomic E-state index is 0.000933. The van der Waals surface area contributed by atoms with E-state index in [1.165, 1.54) is 18.4 Å². The SMILES string of the molecule is C[C@H]1[C@H](C)CC[C@]2(C(=O)O)CC[C@]3(C)C(=CC[C@@H]4[C@@]5(C)CC[C@H](OC(=O)[C@]67CC[C@@H](C)[C@H](C)[C@H]6C6=CCC8[C@@]9(C)C[C@@H](O)CC(C)(C)C9CC[C@@]8(C)[C@]6(C)CC7)C(C)(C)C5CC[C@]43C)[C@H]12. The molecule has 0 aromatic rings. The van der Waals surface area contributed by atoms with Gasteiger partial charge in [-0.05, 0) is 213 Å². The maximum absolute atomic E-state index is 15.7. The zero-order chi connectivity index (χ0) is 47.1. The number of rotatable bonds is 3. The lowest BCUT2D eigenvalue weighted by molar-refractivity contribution is -0.225. The van der Waals surface area contributed by atoms with Gasteiger partial charge in [0.2, 0.25) is 0 Å². The van der Waals surface area contributed by atoms with Crippen LogP contribution in [0, 0.1) is 113 Å². The Labute approximate surface area is 396 Å². The van der Waals surface area contributed by atoms with Gasteiger partial charge in [-0.2, -0.15) is 0 Å². The molecule has 0 amide bonds. The first-order valence-electron chi connectivity index (χ1n) is 27.7. The molecule has 0 bridgehead atoms. The van der Waals surface area contributed by atoms with Gasteiger partial charge < -0.3 is 14.9 Å². The van der Waals surface area contributed by atoms with Gasteiger partial charge in [0.25, 0.3) is 0 Å². The highest BCUT2D eigenvalue weighted by molar-refractivity contribution is 5.79. The van der Waals surface area contributed by atoms with Crippen molar-refractivity contribution in [2.24, 2.45) is 113 Å². The maximum atomic E-state index is 15.7. The first-order valence-corrected chi connectivity index (χ1v) is 27.7. The lowest BCUT2D eigenvalue weighted by Gasteiger charge is -2.71. The van der Waals surface area contributed by atoms with Crippen molar-refractivity contribution in [1.29, 1.82) is 0 Å².